The Balaban J connectivity index is 1.24. The molecule has 3 aromatic rings. The van der Waals surface area contributed by atoms with E-state index in [0.717, 1.165) is 38.2 Å². The van der Waals surface area contributed by atoms with E-state index in [9.17, 15) is 17.6 Å². The molecule has 0 spiro atoms. The molecule has 2 aliphatic heterocycles. The molecular weight excluding hydrogens is 504 g/mol. The summed E-state index contributed by atoms with van der Waals surface area (Å²) in [6.45, 7) is 3.52. The summed E-state index contributed by atoms with van der Waals surface area (Å²) < 4.78 is 59.9. The van der Waals surface area contributed by atoms with Gasteiger partial charge in [0, 0.05) is 37.6 Å². The van der Waals surface area contributed by atoms with Crippen LogP contribution in [-0.2, 0) is 10.9 Å². The molecule has 1 aromatic carbocycles. The van der Waals surface area contributed by atoms with Crippen molar-refractivity contribution < 1.29 is 22.3 Å². The molecule has 2 N–H and O–H groups in total. The van der Waals surface area contributed by atoms with Crippen LogP contribution in [0.15, 0.2) is 47.8 Å². The van der Waals surface area contributed by atoms with E-state index in [0.29, 0.717) is 49.1 Å². The Kier molecular flexibility index (Phi) is 7.54. The number of morpholine rings is 1. The minimum Gasteiger partial charge on any atom is -0.378 e. The molecule has 0 aliphatic carbocycles. The van der Waals surface area contributed by atoms with Crippen molar-refractivity contribution in [2.75, 3.05) is 59.9 Å². The molecular formula is C25H26F4N8O. The maximum absolute atomic E-state index is 14.2. The SMILES string of the molecule is Fc1cnc(N/N=C/c2ccc(Nc3cc(N4CCCC4)cc(C(F)(F)F)c3)cn2)nc1N1CCOCC1. The molecule has 2 saturated heterocycles. The largest absolute Gasteiger partial charge is 0.416 e. The third kappa shape index (κ3) is 6.28. The molecule has 4 heterocycles. The van der Waals surface area contributed by atoms with Crippen LogP contribution in [0.3, 0.4) is 0 Å². The fourth-order valence-electron chi connectivity index (χ4n) is 4.29. The number of benzene rings is 1. The number of alkyl halides is 3. The number of rotatable bonds is 7. The predicted octanol–water partition coefficient (Wildman–Crippen LogP) is 4.66. The molecule has 2 fully saturated rings. The highest BCUT2D eigenvalue weighted by Gasteiger charge is 2.32. The number of aromatic nitrogens is 3. The maximum Gasteiger partial charge on any atom is 0.416 e. The highest BCUT2D eigenvalue weighted by atomic mass is 19.4. The van der Waals surface area contributed by atoms with Gasteiger partial charge in [-0.05, 0) is 43.2 Å². The van der Waals surface area contributed by atoms with E-state index in [1.807, 2.05) is 4.90 Å². The van der Waals surface area contributed by atoms with Crippen LogP contribution in [-0.4, -0.2) is 60.6 Å². The molecule has 0 atom stereocenters. The minimum absolute atomic E-state index is 0.126. The lowest BCUT2D eigenvalue weighted by molar-refractivity contribution is -0.137. The second-order valence-corrected chi connectivity index (χ2v) is 8.89. The summed E-state index contributed by atoms with van der Waals surface area (Å²) in [5.74, 6) is -0.225. The first-order chi connectivity index (χ1) is 18.3. The Morgan fingerprint density at radius 2 is 1.71 bits per heavy atom. The molecule has 0 bridgehead atoms. The van der Waals surface area contributed by atoms with Crippen molar-refractivity contribution in [2.24, 2.45) is 5.10 Å². The Morgan fingerprint density at radius 1 is 0.921 bits per heavy atom. The van der Waals surface area contributed by atoms with Crippen LogP contribution < -0.4 is 20.5 Å². The number of hydrogen-bond donors (Lipinski definition) is 2. The van der Waals surface area contributed by atoms with Crippen molar-refractivity contribution in [3.8, 4) is 0 Å². The summed E-state index contributed by atoms with van der Waals surface area (Å²) in [6, 6.07) is 7.35. The van der Waals surface area contributed by atoms with Crippen molar-refractivity contribution in [3.63, 3.8) is 0 Å². The van der Waals surface area contributed by atoms with Gasteiger partial charge in [0.15, 0.2) is 11.6 Å². The molecule has 5 rings (SSSR count). The summed E-state index contributed by atoms with van der Waals surface area (Å²) >= 11 is 0. The number of pyridine rings is 1. The average molecular weight is 531 g/mol. The van der Waals surface area contributed by atoms with Gasteiger partial charge in [0.05, 0.1) is 48.8 Å². The molecule has 2 aliphatic rings. The monoisotopic (exact) mass is 530 g/mol. The Labute approximate surface area is 216 Å². The van der Waals surface area contributed by atoms with E-state index in [4.69, 9.17) is 4.74 Å². The molecule has 0 unspecified atom stereocenters. The maximum atomic E-state index is 14.2. The van der Waals surface area contributed by atoms with Gasteiger partial charge in [-0.3, -0.25) is 4.98 Å². The van der Waals surface area contributed by atoms with E-state index >= 15 is 0 Å². The fourth-order valence-corrected chi connectivity index (χ4v) is 4.29. The summed E-state index contributed by atoms with van der Waals surface area (Å²) in [4.78, 5) is 16.1. The van der Waals surface area contributed by atoms with Crippen molar-refractivity contribution >= 4 is 35.0 Å². The first-order valence-electron chi connectivity index (χ1n) is 12.2. The van der Waals surface area contributed by atoms with Gasteiger partial charge in [-0.25, -0.2) is 14.8 Å². The Bertz CT molecular complexity index is 1270. The highest BCUT2D eigenvalue weighted by molar-refractivity contribution is 5.78. The van der Waals surface area contributed by atoms with Crippen molar-refractivity contribution in [1.29, 1.82) is 0 Å². The molecule has 0 amide bonds. The van der Waals surface area contributed by atoms with Crippen LogP contribution in [0.4, 0.5) is 46.4 Å². The second-order valence-electron chi connectivity index (χ2n) is 8.89. The molecule has 2 aromatic heterocycles. The lowest BCUT2D eigenvalue weighted by Gasteiger charge is -2.27. The van der Waals surface area contributed by atoms with E-state index in [1.54, 1.807) is 23.1 Å². The number of nitrogens with zero attached hydrogens (tertiary/aromatic N) is 6. The molecule has 0 saturated carbocycles. The molecule has 38 heavy (non-hydrogen) atoms. The van der Waals surface area contributed by atoms with Crippen molar-refractivity contribution in [3.05, 3.63) is 59.8 Å². The summed E-state index contributed by atoms with van der Waals surface area (Å²) in [5, 5.41) is 7.07. The number of ether oxygens (including phenoxy) is 1. The van der Waals surface area contributed by atoms with Crippen molar-refractivity contribution in [1.82, 2.24) is 15.0 Å². The van der Waals surface area contributed by atoms with E-state index in [1.165, 1.54) is 18.5 Å². The number of anilines is 5. The lowest BCUT2D eigenvalue weighted by atomic mass is 10.1. The summed E-state index contributed by atoms with van der Waals surface area (Å²) in [7, 11) is 0. The van der Waals surface area contributed by atoms with Crippen LogP contribution in [0, 0.1) is 5.82 Å². The molecule has 200 valence electrons. The Morgan fingerprint density at radius 3 is 2.42 bits per heavy atom. The van der Waals surface area contributed by atoms with Gasteiger partial charge in [-0.15, -0.1) is 0 Å². The minimum atomic E-state index is -4.45. The van der Waals surface area contributed by atoms with Gasteiger partial charge >= 0.3 is 6.18 Å². The third-order valence-corrected chi connectivity index (χ3v) is 6.19. The zero-order valence-electron chi connectivity index (χ0n) is 20.4. The molecule has 13 heteroatoms. The first-order valence-corrected chi connectivity index (χ1v) is 12.2. The second kappa shape index (κ2) is 11.2. The van der Waals surface area contributed by atoms with Crippen LogP contribution in [0.2, 0.25) is 0 Å². The number of halogens is 4. The zero-order valence-corrected chi connectivity index (χ0v) is 20.4. The summed E-state index contributed by atoms with van der Waals surface area (Å²) in [6.07, 6.45) is 1.49. The van der Waals surface area contributed by atoms with Crippen LogP contribution in [0.1, 0.15) is 24.1 Å². The lowest BCUT2D eigenvalue weighted by Crippen LogP contribution is -2.37. The quantitative estimate of drug-likeness (QED) is 0.259. The van der Waals surface area contributed by atoms with Crippen molar-refractivity contribution in [2.45, 2.75) is 19.0 Å². The smallest absolute Gasteiger partial charge is 0.378 e. The fraction of sp³-hybridized carbons (Fsp3) is 0.360. The van der Waals surface area contributed by atoms with Gasteiger partial charge in [0.25, 0.3) is 0 Å². The standard InChI is InChI=1S/C25H26F4N8O/c26-22-16-31-24(34-23(22)37-7-9-38-10-8-37)35-32-15-18-3-4-19(14-30-18)33-20-11-17(25(27,28)29)12-21(13-20)36-5-1-2-6-36/h3-4,11-16,33H,1-2,5-10H2,(H,31,34,35)/b32-15+. The normalized spacial score (nSPS) is 16.3. The van der Waals surface area contributed by atoms with E-state index in [-0.39, 0.29) is 11.8 Å². The van der Waals surface area contributed by atoms with E-state index < -0.39 is 17.6 Å². The number of nitrogens with one attached hydrogen (secondary N) is 2. The third-order valence-electron chi connectivity index (χ3n) is 6.19. The van der Waals surface area contributed by atoms with Gasteiger partial charge in [0.1, 0.15) is 0 Å². The molecule has 0 radical (unpaired) electrons. The van der Waals surface area contributed by atoms with Crippen LogP contribution in [0.5, 0.6) is 0 Å². The Hall–Kier alpha value is -4.00. The number of hydrogen-bond acceptors (Lipinski definition) is 9. The predicted molar refractivity (Wildman–Crippen MR) is 137 cm³/mol. The number of hydrazone groups is 1. The van der Waals surface area contributed by atoms with Gasteiger partial charge < -0.3 is 19.9 Å². The van der Waals surface area contributed by atoms with Gasteiger partial charge in [-0.2, -0.15) is 23.3 Å². The first kappa shape index (κ1) is 25.6. The van der Waals surface area contributed by atoms with Crippen LogP contribution in [0.25, 0.3) is 0 Å². The van der Waals surface area contributed by atoms with Gasteiger partial charge in [-0.1, -0.05) is 0 Å². The summed E-state index contributed by atoms with van der Waals surface area (Å²) in [5.41, 5.74) is 3.85. The topological polar surface area (TPSA) is 90.8 Å². The highest BCUT2D eigenvalue weighted by Crippen LogP contribution is 2.36. The average Bonchev–Trinajstić information content (AvgIpc) is 3.46. The molecule has 9 nitrogen and oxygen atoms in total. The van der Waals surface area contributed by atoms with Gasteiger partial charge in [0.2, 0.25) is 5.95 Å². The van der Waals surface area contributed by atoms with E-state index in [2.05, 4.69) is 30.8 Å². The zero-order chi connectivity index (χ0) is 26.5. The van der Waals surface area contributed by atoms with Crippen LogP contribution >= 0.6 is 0 Å².